The summed E-state index contributed by atoms with van der Waals surface area (Å²) in [5.41, 5.74) is -0.665. The van der Waals surface area contributed by atoms with Crippen LogP contribution in [0.1, 0.15) is 61.9 Å². The van der Waals surface area contributed by atoms with Crippen LogP contribution in [0.4, 0.5) is 8.78 Å². The van der Waals surface area contributed by atoms with E-state index in [4.69, 9.17) is 9.26 Å². The van der Waals surface area contributed by atoms with Gasteiger partial charge in [-0.1, -0.05) is 5.16 Å². The van der Waals surface area contributed by atoms with Crippen molar-refractivity contribution in [1.29, 1.82) is 0 Å². The smallest absolute Gasteiger partial charge is 0.261 e. The van der Waals surface area contributed by atoms with E-state index in [-0.39, 0.29) is 29.2 Å². The largest absolute Gasteiger partial charge is 0.381 e. The molecular formula is C21H24F2N4O3. The zero-order valence-electron chi connectivity index (χ0n) is 16.6. The van der Waals surface area contributed by atoms with E-state index in [1.54, 1.807) is 11.0 Å². The Hall–Kier alpha value is -2.42. The molecular weight excluding hydrogens is 394 g/mol. The number of aromatic nitrogens is 3. The normalized spacial score (nSPS) is 24.1. The maximum Gasteiger partial charge on any atom is 0.261 e. The van der Waals surface area contributed by atoms with Gasteiger partial charge in [0, 0.05) is 37.2 Å². The highest BCUT2D eigenvalue weighted by molar-refractivity contribution is 5.86. The Morgan fingerprint density at radius 2 is 2.00 bits per heavy atom. The van der Waals surface area contributed by atoms with Gasteiger partial charge in [-0.05, 0) is 44.6 Å². The van der Waals surface area contributed by atoms with Crippen molar-refractivity contribution in [3.05, 3.63) is 29.6 Å². The fraction of sp³-hybridized carbons (Fsp3) is 0.619. The summed E-state index contributed by atoms with van der Waals surface area (Å²) in [5.74, 6) is -0.136. The number of hydrogen-bond donors (Lipinski definition) is 0. The van der Waals surface area contributed by atoms with E-state index in [1.165, 1.54) is 6.20 Å². The predicted molar refractivity (Wildman–Crippen MR) is 102 cm³/mol. The van der Waals surface area contributed by atoms with E-state index in [1.807, 2.05) is 0 Å². The number of likely N-dealkylation sites (tertiary alicyclic amines) is 1. The predicted octanol–water partition coefficient (Wildman–Crippen LogP) is 3.37. The van der Waals surface area contributed by atoms with Crippen molar-refractivity contribution < 1.29 is 22.8 Å². The van der Waals surface area contributed by atoms with Gasteiger partial charge in [0.05, 0.1) is 18.4 Å². The second kappa shape index (κ2) is 7.68. The molecule has 30 heavy (non-hydrogen) atoms. The molecule has 160 valence electrons. The van der Waals surface area contributed by atoms with Gasteiger partial charge >= 0.3 is 0 Å². The monoisotopic (exact) mass is 418 g/mol. The second-order valence-corrected chi connectivity index (χ2v) is 8.49. The Morgan fingerprint density at radius 3 is 2.67 bits per heavy atom. The highest BCUT2D eigenvalue weighted by Gasteiger charge is 2.47. The van der Waals surface area contributed by atoms with Gasteiger partial charge in [0.15, 0.2) is 17.3 Å². The fourth-order valence-electron chi connectivity index (χ4n) is 4.45. The van der Waals surface area contributed by atoms with Crippen molar-refractivity contribution in [2.24, 2.45) is 0 Å². The summed E-state index contributed by atoms with van der Waals surface area (Å²) < 4.78 is 39.5. The van der Waals surface area contributed by atoms with Crippen LogP contribution in [-0.4, -0.2) is 57.9 Å². The number of carbonyl (C=O) groups excluding carboxylic acids is 1. The number of amides is 1. The number of pyridine rings is 1. The molecule has 9 heteroatoms. The molecule has 3 fully saturated rings. The van der Waals surface area contributed by atoms with Crippen molar-refractivity contribution in [2.45, 2.75) is 56.0 Å². The highest BCUT2D eigenvalue weighted by atomic mass is 19.1. The molecule has 0 radical (unpaired) electrons. The Balaban J connectivity index is 1.27. The molecule has 2 aromatic rings. The SMILES string of the molecule is O=C(N1CCC(c2noc(-c3cc(C4CCOC4)ncc3F)n2)CC1)C1(F)CCC1. The van der Waals surface area contributed by atoms with E-state index in [2.05, 4.69) is 15.1 Å². The minimum absolute atomic E-state index is 0.00361. The molecule has 1 unspecified atom stereocenters. The van der Waals surface area contributed by atoms with Gasteiger partial charge in [-0.3, -0.25) is 9.78 Å². The summed E-state index contributed by atoms with van der Waals surface area (Å²) in [6.07, 6.45) is 4.72. The first-order valence-electron chi connectivity index (χ1n) is 10.6. The molecule has 1 amide bonds. The Kier molecular flexibility index (Phi) is 5.00. The Morgan fingerprint density at radius 1 is 1.20 bits per heavy atom. The molecule has 1 atom stereocenters. The summed E-state index contributed by atoms with van der Waals surface area (Å²) in [7, 11) is 0. The van der Waals surface area contributed by atoms with E-state index in [0.29, 0.717) is 57.8 Å². The maximum absolute atomic E-state index is 14.4. The standard InChI is InChI=1S/C21H24F2N4O3/c22-16-11-24-17(14-4-9-29-12-14)10-15(16)19-25-18(26-30-19)13-2-7-27(8-3-13)20(28)21(23)5-1-6-21/h10-11,13-14H,1-9,12H2. The lowest BCUT2D eigenvalue weighted by molar-refractivity contribution is -0.151. The van der Waals surface area contributed by atoms with Crippen LogP contribution in [-0.2, 0) is 9.53 Å². The summed E-state index contributed by atoms with van der Waals surface area (Å²) in [6.45, 7) is 2.18. The molecule has 2 aliphatic heterocycles. The van der Waals surface area contributed by atoms with Crippen molar-refractivity contribution >= 4 is 5.91 Å². The average Bonchev–Trinajstić information content (AvgIpc) is 3.44. The molecule has 7 nitrogen and oxygen atoms in total. The molecule has 1 saturated carbocycles. The summed E-state index contributed by atoms with van der Waals surface area (Å²) >= 11 is 0. The summed E-state index contributed by atoms with van der Waals surface area (Å²) in [6, 6.07) is 1.66. The number of piperidine rings is 1. The van der Waals surface area contributed by atoms with Crippen molar-refractivity contribution in [1.82, 2.24) is 20.0 Å². The van der Waals surface area contributed by atoms with Crippen LogP contribution < -0.4 is 0 Å². The van der Waals surface area contributed by atoms with Crippen molar-refractivity contribution in [2.75, 3.05) is 26.3 Å². The number of hydrogen-bond acceptors (Lipinski definition) is 6. The van der Waals surface area contributed by atoms with Gasteiger partial charge in [0.1, 0.15) is 0 Å². The summed E-state index contributed by atoms with van der Waals surface area (Å²) in [5, 5.41) is 4.06. The first-order valence-corrected chi connectivity index (χ1v) is 10.6. The number of alkyl halides is 1. The molecule has 5 rings (SSSR count). The molecule has 1 aliphatic carbocycles. The zero-order chi connectivity index (χ0) is 20.7. The van der Waals surface area contributed by atoms with Gasteiger partial charge in [-0.25, -0.2) is 8.78 Å². The number of halogens is 2. The van der Waals surface area contributed by atoms with E-state index >= 15 is 0 Å². The van der Waals surface area contributed by atoms with Crippen LogP contribution in [0.3, 0.4) is 0 Å². The minimum atomic E-state index is -1.66. The number of rotatable bonds is 4. The van der Waals surface area contributed by atoms with Crippen LogP contribution in [0.25, 0.3) is 11.5 Å². The molecule has 0 bridgehead atoms. The molecule has 2 saturated heterocycles. The number of nitrogens with zero attached hydrogens (tertiary/aromatic N) is 4. The highest BCUT2D eigenvalue weighted by Crippen LogP contribution is 2.39. The molecule has 0 N–H and O–H groups in total. The van der Waals surface area contributed by atoms with Crippen LogP contribution in [0, 0.1) is 5.82 Å². The third-order valence-corrected chi connectivity index (χ3v) is 6.57. The van der Waals surface area contributed by atoms with Crippen LogP contribution in [0.2, 0.25) is 0 Å². The van der Waals surface area contributed by atoms with E-state index in [9.17, 15) is 13.6 Å². The van der Waals surface area contributed by atoms with Crippen molar-refractivity contribution in [3.8, 4) is 11.5 Å². The maximum atomic E-state index is 14.4. The molecule has 2 aromatic heterocycles. The van der Waals surface area contributed by atoms with Crippen LogP contribution in [0.5, 0.6) is 0 Å². The lowest BCUT2D eigenvalue weighted by atomic mass is 9.80. The minimum Gasteiger partial charge on any atom is -0.381 e. The first kappa shape index (κ1) is 19.5. The van der Waals surface area contributed by atoms with Crippen LogP contribution >= 0.6 is 0 Å². The molecule has 3 aliphatic rings. The van der Waals surface area contributed by atoms with Gasteiger partial charge in [-0.15, -0.1) is 0 Å². The summed E-state index contributed by atoms with van der Waals surface area (Å²) in [4.78, 5) is 22.6. The molecule has 0 aromatic carbocycles. The lowest BCUT2D eigenvalue weighted by Crippen LogP contribution is -2.52. The number of carbonyl (C=O) groups is 1. The third-order valence-electron chi connectivity index (χ3n) is 6.57. The Bertz CT molecular complexity index is 932. The van der Waals surface area contributed by atoms with Gasteiger partial charge in [0.2, 0.25) is 0 Å². The van der Waals surface area contributed by atoms with Gasteiger partial charge in [-0.2, -0.15) is 4.98 Å². The van der Waals surface area contributed by atoms with Gasteiger partial charge in [0.25, 0.3) is 11.8 Å². The van der Waals surface area contributed by atoms with E-state index < -0.39 is 11.5 Å². The fourth-order valence-corrected chi connectivity index (χ4v) is 4.45. The quantitative estimate of drug-likeness (QED) is 0.757. The molecule has 0 spiro atoms. The second-order valence-electron chi connectivity index (χ2n) is 8.49. The van der Waals surface area contributed by atoms with Crippen molar-refractivity contribution in [3.63, 3.8) is 0 Å². The third kappa shape index (κ3) is 3.49. The lowest BCUT2D eigenvalue weighted by Gasteiger charge is -2.39. The topological polar surface area (TPSA) is 81.4 Å². The molecule has 4 heterocycles. The van der Waals surface area contributed by atoms with Gasteiger partial charge < -0.3 is 14.2 Å². The Labute approximate surface area is 172 Å². The number of ether oxygens (including phenoxy) is 1. The van der Waals surface area contributed by atoms with E-state index in [0.717, 1.165) is 18.5 Å². The zero-order valence-corrected chi connectivity index (χ0v) is 16.6. The van der Waals surface area contributed by atoms with Crippen LogP contribution in [0.15, 0.2) is 16.8 Å². The first-order chi connectivity index (χ1) is 14.5. The average molecular weight is 418 g/mol.